The highest BCUT2D eigenvalue weighted by molar-refractivity contribution is 5.78. The molecule has 2 heterocycles. The van der Waals surface area contributed by atoms with Crippen molar-refractivity contribution in [1.29, 1.82) is 5.41 Å². The number of nitrogens with zero attached hydrogens (tertiary/aromatic N) is 2. The van der Waals surface area contributed by atoms with E-state index >= 15 is 0 Å². The lowest BCUT2D eigenvalue weighted by atomic mass is 10.1. The summed E-state index contributed by atoms with van der Waals surface area (Å²) in [4.78, 5) is 4.63. The number of likely N-dealkylation sites (tertiary alicyclic amines) is 2. The maximum absolute atomic E-state index is 8.21. The first-order chi connectivity index (χ1) is 12.0. The SMILES string of the molecule is C=c1ccccc1=CC=C(C)N1CC(OC(=N)C(C)N2CCCC2)C1. The van der Waals surface area contributed by atoms with Gasteiger partial charge in [0.2, 0.25) is 0 Å². The Morgan fingerprint density at radius 3 is 2.64 bits per heavy atom. The summed E-state index contributed by atoms with van der Waals surface area (Å²) >= 11 is 0. The zero-order valence-electron chi connectivity index (χ0n) is 15.4. The van der Waals surface area contributed by atoms with Crippen LogP contribution in [0.5, 0.6) is 0 Å². The van der Waals surface area contributed by atoms with Crippen molar-refractivity contribution >= 4 is 18.6 Å². The van der Waals surface area contributed by atoms with Gasteiger partial charge in [0.25, 0.3) is 0 Å². The van der Waals surface area contributed by atoms with Crippen LogP contribution in [0.25, 0.3) is 12.7 Å². The van der Waals surface area contributed by atoms with Gasteiger partial charge in [-0.1, -0.05) is 36.9 Å². The van der Waals surface area contributed by atoms with E-state index in [1.165, 1.54) is 18.5 Å². The van der Waals surface area contributed by atoms with Gasteiger partial charge in [-0.25, -0.2) is 0 Å². The first-order valence-corrected chi connectivity index (χ1v) is 9.21. The number of rotatable bonds is 5. The van der Waals surface area contributed by atoms with Crippen molar-refractivity contribution in [3.8, 4) is 0 Å². The van der Waals surface area contributed by atoms with Gasteiger partial charge in [-0.05, 0) is 56.3 Å². The van der Waals surface area contributed by atoms with Crippen LogP contribution < -0.4 is 10.4 Å². The lowest BCUT2D eigenvalue weighted by Gasteiger charge is -2.42. The number of nitrogens with one attached hydrogen (secondary N) is 1. The molecule has 2 fully saturated rings. The summed E-state index contributed by atoms with van der Waals surface area (Å²) in [6.07, 6.45) is 6.88. The van der Waals surface area contributed by atoms with Crippen LogP contribution in [-0.2, 0) is 4.74 Å². The zero-order valence-corrected chi connectivity index (χ0v) is 15.4. The van der Waals surface area contributed by atoms with Crippen LogP contribution in [0.1, 0.15) is 26.7 Å². The van der Waals surface area contributed by atoms with Crippen LogP contribution in [0.3, 0.4) is 0 Å². The monoisotopic (exact) mass is 339 g/mol. The van der Waals surface area contributed by atoms with E-state index in [0.29, 0.717) is 5.90 Å². The van der Waals surface area contributed by atoms with Crippen molar-refractivity contribution in [2.45, 2.75) is 38.8 Å². The Labute approximate surface area is 150 Å². The average molecular weight is 339 g/mol. The maximum atomic E-state index is 8.21. The Kier molecular flexibility index (Phi) is 5.59. The van der Waals surface area contributed by atoms with Crippen LogP contribution in [0, 0.1) is 5.41 Å². The molecule has 3 rings (SSSR count). The Morgan fingerprint density at radius 2 is 1.96 bits per heavy atom. The van der Waals surface area contributed by atoms with Gasteiger partial charge >= 0.3 is 0 Å². The minimum Gasteiger partial charge on any atom is -0.473 e. The van der Waals surface area contributed by atoms with Gasteiger partial charge in [0.05, 0.1) is 19.1 Å². The number of hydrogen-bond acceptors (Lipinski definition) is 4. The molecular weight excluding hydrogens is 310 g/mol. The van der Waals surface area contributed by atoms with E-state index in [1.807, 2.05) is 18.2 Å². The first-order valence-electron chi connectivity index (χ1n) is 9.21. The molecule has 0 spiro atoms. The molecule has 0 amide bonds. The van der Waals surface area contributed by atoms with E-state index < -0.39 is 0 Å². The highest BCUT2D eigenvalue weighted by Gasteiger charge is 2.31. The third kappa shape index (κ3) is 4.31. The Bertz CT molecular complexity index is 743. The van der Waals surface area contributed by atoms with Crippen LogP contribution in [0.15, 0.2) is 36.0 Å². The molecular formula is C21H29N3O. The predicted molar refractivity (Wildman–Crippen MR) is 104 cm³/mol. The molecule has 4 nitrogen and oxygen atoms in total. The third-order valence-electron chi connectivity index (χ3n) is 5.27. The van der Waals surface area contributed by atoms with Crippen molar-refractivity contribution in [2.24, 2.45) is 0 Å². The number of allylic oxidation sites excluding steroid dienone is 2. The summed E-state index contributed by atoms with van der Waals surface area (Å²) in [5.74, 6) is 0.422. The van der Waals surface area contributed by atoms with E-state index in [9.17, 15) is 0 Å². The van der Waals surface area contributed by atoms with E-state index in [4.69, 9.17) is 10.1 Å². The lowest BCUT2D eigenvalue weighted by molar-refractivity contribution is 0.0270. The molecule has 134 valence electrons. The van der Waals surface area contributed by atoms with Crippen molar-refractivity contribution < 1.29 is 4.74 Å². The molecule has 1 N–H and O–H groups in total. The first kappa shape index (κ1) is 17.7. The van der Waals surface area contributed by atoms with E-state index in [-0.39, 0.29) is 12.1 Å². The predicted octanol–water partition coefficient (Wildman–Crippen LogP) is 1.94. The molecule has 0 bridgehead atoms. The van der Waals surface area contributed by atoms with E-state index in [1.54, 1.807) is 0 Å². The molecule has 0 saturated carbocycles. The molecule has 1 unspecified atom stereocenters. The zero-order chi connectivity index (χ0) is 17.8. The Balaban J connectivity index is 1.49. The van der Waals surface area contributed by atoms with Crippen molar-refractivity contribution in [1.82, 2.24) is 9.80 Å². The molecule has 2 saturated heterocycles. The minimum atomic E-state index is 0.107. The molecule has 1 atom stereocenters. The fourth-order valence-electron chi connectivity index (χ4n) is 3.39. The Morgan fingerprint density at radius 1 is 1.28 bits per heavy atom. The molecule has 2 aliphatic rings. The second-order valence-corrected chi connectivity index (χ2v) is 7.10. The van der Waals surface area contributed by atoms with Crippen LogP contribution in [0.4, 0.5) is 0 Å². The second kappa shape index (κ2) is 7.87. The normalized spacial score (nSPS) is 21.3. The topological polar surface area (TPSA) is 39.6 Å². The number of benzene rings is 1. The largest absolute Gasteiger partial charge is 0.473 e. The van der Waals surface area contributed by atoms with Gasteiger partial charge in [-0.2, -0.15) is 0 Å². The molecule has 1 aromatic rings. The molecule has 1 aromatic carbocycles. The van der Waals surface area contributed by atoms with Crippen molar-refractivity contribution in [2.75, 3.05) is 26.2 Å². The highest BCUT2D eigenvalue weighted by atomic mass is 16.5. The van der Waals surface area contributed by atoms with Gasteiger partial charge in [0, 0.05) is 5.70 Å². The van der Waals surface area contributed by atoms with Crippen molar-refractivity contribution in [3.63, 3.8) is 0 Å². The average Bonchev–Trinajstić information content (AvgIpc) is 3.10. The Hall–Kier alpha value is -2.07. The standard InChI is InChI=1S/C21H29N3O/c1-16-8-4-5-9-19(16)11-10-17(2)24-14-20(15-24)25-21(22)18(3)23-12-6-7-13-23/h4-5,8-11,18,20,22H,1,6-7,12-15H2,2-3H3. The number of hydrogen-bond donors (Lipinski definition) is 1. The molecule has 0 aliphatic carbocycles. The molecule has 0 radical (unpaired) electrons. The maximum Gasteiger partial charge on any atom is 0.198 e. The molecule has 4 heteroatoms. The van der Waals surface area contributed by atoms with E-state index in [2.05, 4.69) is 48.4 Å². The fraction of sp³-hybridized carbons (Fsp3) is 0.476. The summed E-state index contributed by atoms with van der Waals surface area (Å²) in [7, 11) is 0. The van der Waals surface area contributed by atoms with Gasteiger partial charge < -0.3 is 9.64 Å². The second-order valence-electron chi connectivity index (χ2n) is 7.10. The molecule has 0 aromatic heterocycles. The van der Waals surface area contributed by atoms with Crippen LogP contribution in [-0.4, -0.2) is 54.0 Å². The van der Waals surface area contributed by atoms with E-state index in [0.717, 1.165) is 36.6 Å². The quantitative estimate of drug-likeness (QED) is 0.658. The third-order valence-corrected chi connectivity index (χ3v) is 5.27. The van der Waals surface area contributed by atoms with Gasteiger partial charge in [0.15, 0.2) is 5.90 Å². The summed E-state index contributed by atoms with van der Waals surface area (Å²) < 4.78 is 5.88. The van der Waals surface area contributed by atoms with Crippen molar-refractivity contribution in [3.05, 3.63) is 46.5 Å². The lowest BCUT2D eigenvalue weighted by Crippen LogP contribution is -2.53. The van der Waals surface area contributed by atoms with Gasteiger partial charge in [-0.3, -0.25) is 10.3 Å². The molecule has 25 heavy (non-hydrogen) atoms. The summed E-state index contributed by atoms with van der Waals surface area (Å²) in [5, 5.41) is 10.4. The van der Waals surface area contributed by atoms with Gasteiger partial charge in [-0.15, -0.1) is 0 Å². The minimum absolute atomic E-state index is 0.107. The highest BCUT2D eigenvalue weighted by Crippen LogP contribution is 2.20. The number of ether oxygens (including phenoxy) is 1. The smallest absolute Gasteiger partial charge is 0.198 e. The van der Waals surface area contributed by atoms with Crippen LogP contribution in [0.2, 0.25) is 0 Å². The summed E-state index contributed by atoms with van der Waals surface area (Å²) in [5.41, 5.74) is 1.22. The van der Waals surface area contributed by atoms with Gasteiger partial charge in [0.1, 0.15) is 6.10 Å². The van der Waals surface area contributed by atoms with Crippen LogP contribution >= 0.6 is 0 Å². The summed E-state index contributed by atoms with van der Waals surface area (Å²) in [6, 6.07) is 8.25. The fourth-order valence-corrected chi connectivity index (χ4v) is 3.39. The summed E-state index contributed by atoms with van der Waals surface area (Å²) in [6.45, 7) is 12.2. The molecule has 2 aliphatic heterocycles.